The van der Waals surface area contributed by atoms with E-state index in [1.165, 1.54) is 0 Å². The van der Waals surface area contributed by atoms with Crippen molar-refractivity contribution in [3.63, 3.8) is 0 Å². The van der Waals surface area contributed by atoms with E-state index >= 15 is 0 Å². The van der Waals surface area contributed by atoms with E-state index in [1.54, 1.807) is 18.6 Å². The van der Waals surface area contributed by atoms with Crippen molar-refractivity contribution in [1.82, 2.24) is 15.3 Å². The Morgan fingerprint density at radius 2 is 2.26 bits per heavy atom. The van der Waals surface area contributed by atoms with Gasteiger partial charge in [-0.15, -0.1) is 0 Å². The predicted molar refractivity (Wildman–Crippen MR) is 84.8 cm³/mol. The Kier molecular flexibility index (Phi) is 5.23. The van der Waals surface area contributed by atoms with E-state index in [0.717, 1.165) is 44.8 Å². The number of hydrogen-bond acceptors (Lipinski definition) is 5. The number of aryl methyl sites for hydroxylation is 1. The number of aromatic nitrogens is 2. The van der Waals surface area contributed by atoms with Gasteiger partial charge in [-0.2, -0.15) is 0 Å². The molecule has 3 rings (SSSR count). The first kappa shape index (κ1) is 16.3. The van der Waals surface area contributed by atoms with Crippen LogP contribution in [0.1, 0.15) is 38.3 Å². The molecule has 23 heavy (non-hydrogen) atoms. The molecule has 1 saturated carbocycles. The van der Waals surface area contributed by atoms with Crippen LogP contribution in [0.15, 0.2) is 18.6 Å². The number of amides is 1. The highest BCUT2D eigenvalue weighted by Crippen LogP contribution is 2.50. The molecule has 1 aliphatic heterocycles. The summed E-state index contributed by atoms with van der Waals surface area (Å²) in [4.78, 5) is 20.5. The summed E-state index contributed by atoms with van der Waals surface area (Å²) >= 11 is 0. The van der Waals surface area contributed by atoms with E-state index < -0.39 is 0 Å². The topological polar surface area (TPSA) is 73.3 Å². The van der Waals surface area contributed by atoms with Crippen LogP contribution >= 0.6 is 0 Å². The molecular formula is C17H25N3O3. The Hall–Kier alpha value is -1.53. The molecule has 1 aromatic rings. The Labute approximate surface area is 137 Å². The molecule has 0 bridgehead atoms. The molecule has 6 nitrogen and oxygen atoms in total. The van der Waals surface area contributed by atoms with E-state index in [-0.39, 0.29) is 23.5 Å². The smallest absolute Gasteiger partial charge is 0.220 e. The maximum atomic E-state index is 12.3. The van der Waals surface area contributed by atoms with Gasteiger partial charge in [0, 0.05) is 56.3 Å². The van der Waals surface area contributed by atoms with Gasteiger partial charge in [-0.1, -0.05) is 0 Å². The average molecular weight is 319 g/mol. The van der Waals surface area contributed by atoms with Crippen LogP contribution in [0.4, 0.5) is 0 Å². The fraction of sp³-hybridized carbons (Fsp3) is 0.706. The summed E-state index contributed by atoms with van der Waals surface area (Å²) in [5, 5.41) is 3.21. The van der Waals surface area contributed by atoms with Crippen LogP contribution in [0.2, 0.25) is 0 Å². The van der Waals surface area contributed by atoms with Crippen molar-refractivity contribution in [2.24, 2.45) is 5.41 Å². The Morgan fingerprint density at radius 1 is 1.43 bits per heavy atom. The lowest BCUT2D eigenvalue weighted by molar-refractivity contribution is -0.175. The number of rotatable bonds is 6. The highest BCUT2D eigenvalue weighted by atomic mass is 16.5. The van der Waals surface area contributed by atoms with Crippen LogP contribution in [0, 0.1) is 5.41 Å². The van der Waals surface area contributed by atoms with E-state index in [1.807, 2.05) is 6.92 Å². The predicted octanol–water partition coefficient (Wildman–Crippen LogP) is 1.50. The van der Waals surface area contributed by atoms with Gasteiger partial charge in [-0.05, 0) is 32.6 Å². The molecule has 0 radical (unpaired) electrons. The third kappa shape index (κ3) is 3.53. The largest absolute Gasteiger partial charge is 0.381 e. The third-order valence-electron chi connectivity index (χ3n) is 5.14. The van der Waals surface area contributed by atoms with Gasteiger partial charge in [-0.25, -0.2) is 0 Å². The fourth-order valence-electron chi connectivity index (χ4n) is 3.77. The molecule has 2 heterocycles. The highest BCUT2D eigenvalue weighted by Gasteiger charge is 2.56. The lowest BCUT2D eigenvalue weighted by atomic mass is 9.57. The first-order valence-electron chi connectivity index (χ1n) is 8.48. The Balaban J connectivity index is 1.53. The molecule has 1 aromatic heterocycles. The minimum atomic E-state index is 0.0659. The van der Waals surface area contributed by atoms with Crippen molar-refractivity contribution in [3.8, 4) is 0 Å². The Bertz CT molecular complexity index is 517. The summed E-state index contributed by atoms with van der Waals surface area (Å²) in [7, 11) is 0. The second kappa shape index (κ2) is 7.36. The lowest BCUT2D eigenvalue weighted by Crippen LogP contribution is -2.66. The second-order valence-corrected chi connectivity index (χ2v) is 6.34. The van der Waals surface area contributed by atoms with E-state index in [0.29, 0.717) is 12.8 Å². The molecule has 2 fully saturated rings. The van der Waals surface area contributed by atoms with Crippen molar-refractivity contribution >= 4 is 5.91 Å². The van der Waals surface area contributed by atoms with Crippen molar-refractivity contribution < 1.29 is 14.3 Å². The number of nitrogens with one attached hydrogen (secondary N) is 1. The summed E-state index contributed by atoms with van der Waals surface area (Å²) in [5.74, 6) is 0.0847. The van der Waals surface area contributed by atoms with Gasteiger partial charge in [-0.3, -0.25) is 14.8 Å². The van der Waals surface area contributed by atoms with Gasteiger partial charge in [0.15, 0.2) is 0 Å². The first-order valence-corrected chi connectivity index (χ1v) is 8.48. The number of nitrogens with zero attached hydrogens (tertiary/aromatic N) is 2. The first-order chi connectivity index (χ1) is 11.2. The summed E-state index contributed by atoms with van der Waals surface area (Å²) in [6.07, 6.45) is 9.16. The van der Waals surface area contributed by atoms with E-state index in [2.05, 4.69) is 15.3 Å². The van der Waals surface area contributed by atoms with Gasteiger partial charge in [0.1, 0.15) is 0 Å². The van der Waals surface area contributed by atoms with Crippen molar-refractivity contribution in [1.29, 1.82) is 0 Å². The quantitative estimate of drug-likeness (QED) is 0.860. The SMILES string of the molecule is CCO[C@@H]1C[C@@H](NC(=O)CCc2cnccn2)C12CCOCC2. The molecule has 1 amide bonds. The van der Waals surface area contributed by atoms with Crippen LogP contribution in [0.5, 0.6) is 0 Å². The molecule has 0 unspecified atom stereocenters. The summed E-state index contributed by atoms with van der Waals surface area (Å²) in [6, 6.07) is 0.206. The molecule has 6 heteroatoms. The maximum absolute atomic E-state index is 12.3. The third-order valence-corrected chi connectivity index (χ3v) is 5.14. The zero-order valence-corrected chi connectivity index (χ0v) is 13.7. The molecule has 1 aliphatic carbocycles. The normalized spacial score (nSPS) is 25.8. The molecule has 1 N–H and O–H groups in total. The maximum Gasteiger partial charge on any atom is 0.220 e. The molecule has 2 aliphatic rings. The minimum Gasteiger partial charge on any atom is -0.381 e. The number of ether oxygens (including phenoxy) is 2. The van der Waals surface area contributed by atoms with Gasteiger partial charge in [0.25, 0.3) is 0 Å². The van der Waals surface area contributed by atoms with Crippen LogP contribution in [0.3, 0.4) is 0 Å². The Morgan fingerprint density at radius 3 is 2.96 bits per heavy atom. The number of hydrogen-bond donors (Lipinski definition) is 1. The molecule has 2 atom stereocenters. The second-order valence-electron chi connectivity index (χ2n) is 6.34. The van der Waals surface area contributed by atoms with Gasteiger partial charge in [0.05, 0.1) is 11.8 Å². The van der Waals surface area contributed by atoms with Crippen molar-refractivity contribution in [2.45, 2.75) is 51.2 Å². The summed E-state index contributed by atoms with van der Waals surface area (Å²) < 4.78 is 11.4. The van der Waals surface area contributed by atoms with Gasteiger partial charge in [0.2, 0.25) is 5.91 Å². The molecule has 1 saturated heterocycles. The zero-order chi connectivity index (χ0) is 16.1. The molecule has 1 spiro atoms. The molecule has 126 valence electrons. The molecule has 0 aromatic carbocycles. The highest BCUT2D eigenvalue weighted by molar-refractivity contribution is 5.76. The standard InChI is InChI=1S/C17H25N3O3/c1-2-23-15-11-14(17(15)5-9-22-10-6-17)20-16(21)4-3-13-12-18-7-8-19-13/h7-8,12,14-15H,2-6,9-11H2,1H3,(H,20,21)/t14-,15-/m1/s1. The number of carbonyl (C=O) groups is 1. The van der Waals surface area contributed by atoms with Crippen LogP contribution < -0.4 is 5.32 Å². The monoisotopic (exact) mass is 319 g/mol. The summed E-state index contributed by atoms with van der Waals surface area (Å²) in [6.45, 7) is 4.27. The van der Waals surface area contributed by atoms with Gasteiger partial charge < -0.3 is 14.8 Å². The van der Waals surface area contributed by atoms with Crippen molar-refractivity contribution in [3.05, 3.63) is 24.3 Å². The van der Waals surface area contributed by atoms with Crippen LogP contribution in [-0.2, 0) is 20.7 Å². The minimum absolute atomic E-state index is 0.0659. The fourth-order valence-corrected chi connectivity index (χ4v) is 3.77. The number of carbonyl (C=O) groups excluding carboxylic acids is 1. The van der Waals surface area contributed by atoms with Crippen LogP contribution in [0.25, 0.3) is 0 Å². The summed E-state index contributed by atoms with van der Waals surface area (Å²) in [5.41, 5.74) is 0.917. The average Bonchev–Trinajstić information content (AvgIpc) is 2.61. The van der Waals surface area contributed by atoms with Gasteiger partial charge >= 0.3 is 0 Å². The lowest BCUT2D eigenvalue weighted by Gasteiger charge is -2.57. The molecular weight excluding hydrogens is 294 g/mol. The zero-order valence-electron chi connectivity index (χ0n) is 13.7. The van der Waals surface area contributed by atoms with Crippen LogP contribution in [-0.4, -0.2) is 47.8 Å². The van der Waals surface area contributed by atoms with E-state index in [4.69, 9.17) is 9.47 Å². The van der Waals surface area contributed by atoms with E-state index in [9.17, 15) is 4.79 Å². The van der Waals surface area contributed by atoms with Crippen molar-refractivity contribution in [2.75, 3.05) is 19.8 Å².